The van der Waals surface area contributed by atoms with Gasteiger partial charge in [0.2, 0.25) is 0 Å². The third kappa shape index (κ3) is 4.56. The van der Waals surface area contributed by atoms with Crippen LogP contribution in [0.15, 0.2) is 24.3 Å². The number of hydrogen-bond acceptors (Lipinski definition) is 4. The van der Waals surface area contributed by atoms with Crippen LogP contribution in [0.5, 0.6) is 0 Å². The lowest BCUT2D eigenvalue weighted by molar-refractivity contribution is 0.0952. The molecule has 1 aromatic carbocycles. The summed E-state index contributed by atoms with van der Waals surface area (Å²) in [6.45, 7) is 7.89. The maximum absolute atomic E-state index is 12.3. The van der Waals surface area contributed by atoms with Crippen LogP contribution in [0.1, 0.15) is 30.6 Å². The number of hydrogen-bond donors (Lipinski definition) is 2. The van der Waals surface area contributed by atoms with Gasteiger partial charge in [-0.05, 0) is 50.3 Å². The lowest BCUT2D eigenvalue weighted by Crippen LogP contribution is -2.30. The van der Waals surface area contributed by atoms with Gasteiger partial charge in [-0.2, -0.15) is 0 Å². The highest BCUT2D eigenvalue weighted by molar-refractivity contribution is 6.31. The molecule has 23 heavy (non-hydrogen) atoms. The van der Waals surface area contributed by atoms with Crippen LogP contribution in [0, 0.1) is 0 Å². The topological polar surface area (TPSA) is 71.2 Å². The molecular weight excluding hydrogens is 312 g/mol. The molecule has 0 spiro atoms. The maximum atomic E-state index is 12.3. The van der Waals surface area contributed by atoms with Crippen molar-refractivity contribution < 1.29 is 4.79 Å². The van der Waals surface area contributed by atoms with Crippen LogP contribution in [0.25, 0.3) is 10.9 Å². The Hall–Kier alpha value is -1.85. The van der Waals surface area contributed by atoms with E-state index in [0.29, 0.717) is 17.1 Å². The molecule has 0 aliphatic rings. The molecule has 0 saturated heterocycles. The van der Waals surface area contributed by atoms with E-state index in [2.05, 4.69) is 29.0 Å². The second-order valence-electron chi connectivity index (χ2n) is 5.39. The minimum Gasteiger partial charge on any atom is -0.383 e. The summed E-state index contributed by atoms with van der Waals surface area (Å²) in [5, 5.41) is 4.32. The Morgan fingerprint density at radius 2 is 2.04 bits per heavy atom. The molecule has 0 atom stereocenters. The van der Waals surface area contributed by atoms with Crippen LogP contribution in [-0.4, -0.2) is 42.0 Å². The zero-order chi connectivity index (χ0) is 16.8. The van der Waals surface area contributed by atoms with Crippen LogP contribution < -0.4 is 11.1 Å². The Morgan fingerprint density at radius 3 is 2.74 bits per heavy atom. The van der Waals surface area contributed by atoms with Gasteiger partial charge in [0.1, 0.15) is 5.82 Å². The summed E-state index contributed by atoms with van der Waals surface area (Å²) in [5.41, 5.74) is 7.03. The zero-order valence-electron chi connectivity index (χ0n) is 13.6. The molecule has 0 unspecified atom stereocenters. The Bertz CT molecular complexity index is 686. The first kappa shape index (κ1) is 17.5. The van der Waals surface area contributed by atoms with Gasteiger partial charge in [0.05, 0.1) is 11.1 Å². The standard InChI is InChI=1S/C17H23ClN4O/c1-3-22(4-2)9-5-8-20-17(23)14-11-12-10-13(18)6-7-15(12)21-16(14)19/h6-7,10-11H,3-5,8-9H2,1-2H3,(H2,19,21)(H,20,23). The van der Waals surface area contributed by atoms with Crippen molar-refractivity contribution in [2.45, 2.75) is 20.3 Å². The largest absolute Gasteiger partial charge is 0.383 e. The van der Waals surface area contributed by atoms with Crippen molar-refractivity contribution in [1.82, 2.24) is 15.2 Å². The predicted molar refractivity (Wildman–Crippen MR) is 95.9 cm³/mol. The second-order valence-corrected chi connectivity index (χ2v) is 5.83. The molecule has 1 aromatic heterocycles. The molecule has 0 bridgehead atoms. The van der Waals surface area contributed by atoms with Gasteiger partial charge in [-0.25, -0.2) is 4.98 Å². The molecule has 5 nitrogen and oxygen atoms in total. The summed E-state index contributed by atoms with van der Waals surface area (Å²) in [6, 6.07) is 7.06. The number of anilines is 1. The second kappa shape index (κ2) is 8.13. The van der Waals surface area contributed by atoms with Crippen molar-refractivity contribution in [3.63, 3.8) is 0 Å². The molecule has 124 valence electrons. The van der Waals surface area contributed by atoms with E-state index < -0.39 is 0 Å². The average Bonchev–Trinajstić information content (AvgIpc) is 2.54. The van der Waals surface area contributed by atoms with Gasteiger partial charge >= 0.3 is 0 Å². The summed E-state index contributed by atoms with van der Waals surface area (Å²) >= 11 is 5.99. The SMILES string of the molecule is CCN(CC)CCCNC(=O)c1cc2cc(Cl)ccc2nc1N. The first-order valence-corrected chi connectivity index (χ1v) is 8.29. The number of amides is 1. The number of pyridine rings is 1. The summed E-state index contributed by atoms with van der Waals surface area (Å²) in [7, 11) is 0. The fourth-order valence-corrected chi connectivity index (χ4v) is 2.66. The minimum atomic E-state index is -0.198. The summed E-state index contributed by atoms with van der Waals surface area (Å²) < 4.78 is 0. The fraction of sp³-hybridized carbons (Fsp3) is 0.412. The third-order valence-corrected chi connectivity index (χ3v) is 4.12. The molecule has 3 N–H and O–H groups in total. The van der Waals surface area contributed by atoms with Crippen LogP contribution >= 0.6 is 11.6 Å². The molecule has 2 aromatic rings. The smallest absolute Gasteiger partial charge is 0.255 e. The van der Waals surface area contributed by atoms with E-state index in [0.717, 1.165) is 37.0 Å². The fourth-order valence-electron chi connectivity index (χ4n) is 2.48. The highest BCUT2D eigenvalue weighted by Gasteiger charge is 2.12. The van der Waals surface area contributed by atoms with E-state index in [1.165, 1.54) is 0 Å². The van der Waals surface area contributed by atoms with Crippen LogP contribution in [0.4, 0.5) is 5.82 Å². The number of benzene rings is 1. The van der Waals surface area contributed by atoms with E-state index in [9.17, 15) is 4.79 Å². The number of nitrogens with zero attached hydrogens (tertiary/aromatic N) is 2. The molecule has 1 heterocycles. The lowest BCUT2D eigenvalue weighted by Gasteiger charge is -2.17. The van der Waals surface area contributed by atoms with E-state index >= 15 is 0 Å². The molecule has 2 rings (SSSR count). The van der Waals surface area contributed by atoms with Gasteiger partial charge in [-0.15, -0.1) is 0 Å². The molecule has 0 aliphatic carbocycles. The van der Waals surface area contributed by atoms with Gasteiger partial charge in [-0.3, -0.25) is 4.79 Å². The van der Waals surface area contributed by atoms with Crippen molar-refractivity contribution in [2.75, 3.05) is 31.9 Å². The summed E-state index contributed by atoms with van der Waals surface area (Å²) in [4.78, 5) is 18.9. The van der Waals surface area contributed by atoms with E-state index in [1.54, 1.807) is 24.3 Å². The van der Waals surface area contributed by atoms with Gasteiger partial charge < -0.3 is 16.0 Å². The molecule has 6 heteroatoms. The maximum Gasteiger partial charge on any atom is 0.255 e. The number of halogens is 1. The Labute approximate surface area is 141 Å². The molecule has 0 radical (unpaired) electrons. The van der Waals surface area contributed by atoms with Crippen molar-refractivity contribution in [2.24, 2.45) is 0 Å². The zero-order valence-corrected chi connectivity index (χ0v) is 14.4. The number of carbonyl (C=O) groups excluding carboxylic acids is 1. The summed E-state index contributed by atoms with van der Waals surface area (Å²) in [6.07, 6.45) is 0.903. The van der Waals surface area contributed by atoms with Gasteiger partial charge in [0.15, 0.2) is 0 Å². The van der Waals surface area contributed by atoms with Crippen LogP contribution in [0.3, 0.4) is 0 Å². The normalized spacial score (nSPS) is 11.1. The van der Waals surface area contributed by atoms with E-state index in [1.807, 2.05) is 0 Å². The molecule has 0 fully saturated rings. The first-order chi connectivity index (χ1) is 11.0. The third-order valence-electron chi connectivity index (χ3n) is 3.88. The number of nitrogen functional groups attached to an aromatic ring is 1. The van der Waals surface area contributed by atoms with Crippen LogP contribution in [-0.2, 0) is 0 Å². The average molecular weight is 335 g/mol. The number of aromatic nitrogens is 1. The number of nitrogens with one attached hydrogen (secondary N) is 1. The molecular formula is C17H23ClN4O. The first-order valence-electron chi connectivity index (χ1n) is 7.91. The minimum absolute atomic E-state index is 0.198. The number of nitrogens with two attached hydrogens (primary N) is 1. The highest BCUT2D eigenvalue weighted by atomic mass is 35.5. The molecule has 0 aliphatic heterocycles. The number of carbonyl (C=O) groups is 1. The van der Waals surface area contributed by atoms with Crippen LogP contribution in [0.2, 0.25) is 5.02 Å². The number of rotatable bonds is 7. The van der Waals surface area contributed by atoms with Crippen molar-refractivity contribution >= 4 is 34.2 Å². The molecule has 0 saturated carbocycles. The van der Waals surface area contributed by atoms with Crippen molar-refractivity contribution in [1.29, 1.82) is 0 Å². The number of fused-ring (bicyclic) bond motifs is 1. The molecule has 1 amide bonds. The van der Waals surface area contributed by atoms with E-state index in [4.69, 9.17) is 17.3 Å². The van der Waals surface area contributed by atoms with E-state index in [-0.39, 0.29) is 11.7 Å². The Kier molecular flexibility index (Phi) is 6.19. The Morgan fingerprint density at radius 1 is 1.30 bits per heavy atom. The van der Waals surface area contributed by atoms with Gasteiger partial charge in [0, 0.05) is 17.0 Å². The van der Waals surface area contributed by atoms with Crippen molar-refractivity contribution in [3.8, 4) is 0 Å². The Balaban J connectivity index is 2.01. The highest BCUT2D eigenvalue weighted by Crippen LogP contribution is 2.21. The monoisotopic (exact) mass is 334 g/mol. The predicted octanol–water partition coefficient (Wildman–Crippen LogP) is 2.93. The van der Waals surface area contributed by atoms with Crippen molar-refractivity contribution in [3.05, 3.63) is 34.9 Å². The lowest BCUT2D eigenvalue weighted by atomic mass is 10.1. The summed E-state index contributed by atoms with van der Waals surface area (Å²) in [5.74, 6) is 0.0393. The van der Waals surface area contributed by atoms with Gasteiger partial charge in [0.25, 0.3) is 5.91 Å². The van der Waals surface area contributed by atoms with Gasteiger partial charge in [-0.1, -0.05) is 25.4 Å². The quantitative estimate of drug-likeness (QED) is 0.764.